The average Bonchev–Trinajstić information content (AvgIpc) is 3.23. The molecule has 0 aliphatic heterocycles. The van der Waals surface area contributed by atoms with E-state index in [2.05, 4.69) is 12.2 Å². The Kier molecular flexibility index (Phi) is 12.9. The van der Waals surface area contributed by atoms with Crippen LogP contribution in [0.15, 0.2) is 42.5 Å². The molecule has 3 aromatic rings. The summed E-state index contributed by atoms with van der Waals surface area (Å²) in [7, 11) is 1.64. The Bertz CT molecular complexity index is 1450. The van der Waals surface area contributed by atoms with Gasteiger partial charge >= 0.3 is 6.09 Å². The van der Waals surface area contributed by atoms with Gasteiger partial charge in [0.15, 0.2) is 0 Å². The number of nitrogens with one attached hydrogen (secondary N) is 1. The summed E-state index contributed by atoms with van der Waals surface area (Å²) in [5.74, 6) is -0.405. The predicted molar refractivity (Wildman–Crippen MR) is 173 cm³/mol. The Labute approximate surface area is 265 Å². The maximum Gasteiger partial charge on any atom is 0.407 e. The number of aromatic nitrogens is 1. The molecule has 0 bridgehead atoms. The molecule has 1 atom stereocenters. The highest BCUT2D eigenvalue weighted by atomic mass is 19.1. The Morgan fingerprint density at radius 2 is 1.82 bits per heavy atom. The molecule has 3 rings (SSSR count). The number of carbonyl (C=O) groups excluding carboxylic acids is 2. The van der Waals surface area contributed by atoms with Crippen molar-refractivity contribution >= 4 is 28.6 Å². The van der Waals surface area contributed by atoms with Crippen LogP contribution in [-0.2, 0) is 33.7 Å². The van der Waals surface area contributed by atoms with Crippen molar-refractivity contribution in [1.29, 1.82) is 0 Å². The molecule has 0 saturated heterocycles. The van der Waals surface area contributed by atoms with E-state index in [0.29, 0.717) is 38.2 Å². The van der Waals surface area contributed by atoms with E-state index in [9.17, 15) is 19.7 Å². The number of nitro benzene ring substituents is 1. The van der Waals surface area contributed by atoms with Gasteiger partial charge in [-0.3, -0.25) is 14.9 Å². The van der Waals surface area contributed by atoms with Gasteiger partial charge in [0, 0.05) is 75.4 Å². The number of amides is 2. The molecular formula is C34H47FN4O6. The van der Waals surface area contributed by atoms with Crippen LogP contribution in [0.5, 0.6) is 0 Å². The van der Waals surface area contributed by atoms with Gasteiger partial charge in [0.2, 0.25) is 5.91 Å². The van der Waals surface area contributed by atoms with Crippen molar-refractivity contribution in [3.05, 3.63) is 75.2 Å². The lowest BCUT2D eigenvalue weighted by atomic mass is 10.0. The van der Waals surface area contributed by atoms with Gasteiger partial charge in [-0.15, -0.1) is 0 Å². The number of halogens is 1. The topological polar surface area (TPSA) is 116 Å². The zero-order valence-electron chi connectivity index (χ0n) is 27.4. The summed E-state index contributed by atoms with van der Waals surface area (Å²) in [6.45, 7) is 11.5. The second kappa shape index (κ2) is 16.4. The van der Waals surface area contributed by atoms with Crippen LogP contribution in [0, 0.1) is 22.9 Å². The fourth-order valence-corrected chi connectivity index (χ4v) is 5.50. The van der Waals surface area contributed by atoms with E-state index in [0.717, 1.165) is 41.5 Å². The molecular weight excluding hydrogens is 579 g/mol. The number of aryl methyl sites for hydroxylation is 2. The van der Waals surface area contributed by atoms with E-state index in [1.54, 1.807) is 46.1 Å². The summed E-state index contributed by atoms with van der Waals surface area (Å²) < 4.78 is 27.8. The van der Waals surface area contributed by atoms with Gasteiger partial charge < -0.3 is 24.3 Å². The van der Waals surface area contributed by atoms with E-state index >= 15 is 4.39 Å². The molecule has 2 amide bonds. The Morgan fingerprint density at radius 3 is 2.44 bits per heavy atom. The molecule has 45 heavy (non-hydrogen) atoms. The number of unbranched alkanes of at least 4 members (excludes halogenated alkanes) is 1. The molecule has 11 heteroatoms. The third-order valence-corrected chi connectivity index (χ3v) is 7.67. The van der Waals surface area contributed by atoms with Crippen LogP contribution >= 0.6 is 0 Å². The van der Waals surface area contributed by atoms with Crippen LogP contribution in [0.25, 0.3) is 10.9 Å². The molecule has 0 spiro atoms. The summed E-state index contributed by atoms with van der Waals surface area (Å²) in [5.41, 5.74) is 2.53. The molecule has 0 fully saturated rings. The summed E-state index contributed by atoms with van der Waals surface area (Å²) >= 11 is 0. The van der Waals surface area contributed by atoms with Crippen LogP contribution in [0.4, 0.5) is 14.9 Å². The number of alkyl carbamates (subject to hydrolysis) is 1. The number of benzene rings is 2. The zero-order chi connectivity index (χ0) is 33.1. The van der Waals surface area contributed by atoms with Gasteiger partial charge in [0.25, 0.3) is 5.69 Å². The molecule has 1 heterocycles. The van der Waals surface area contributed by atoms with E-state index in [4.69, 9.17) is 9.47 Å². The normalized spacial score (nSPS) is 12.2. The minimum absolute atomic E-state index is 0.0182. The van der Waals surface area contributed by atoms with Crippen LogP contribution in [0.3, 0.4) is 0 Å². The van der Waals surface area contributed by atoms with Gasteiger partial charge in [-0.25, -0.2) is 9.18 Å². The summed E-state index contributed by atoms with van der Waals surface area (Å²) in [4.78, 5) is 39.1. The Hall–Kier alpha value is -3.99. The molecule has 246 valence electrons. The maximum absolute atomic E-state index is 15.0. The first-order valence-electron chi connectivity index (χ1n) is 15.6. The van der Waals surface area contributed by atoms with Crippen molar-refractivity contribution in [3.63, 3.8) is 0 Å². The van der Waals surface area contributed by atoms with E-state index in [1.165, 1.54) is 18.2 Å². The van der Waals surface area contributed by atoms with Crippen LogP contribution in [0.2, 0.25) is 0 Å². The lowest BCUT2D eigenvalue weighted by Gasteiger charge is -2.27. The first-order valence-corrected chi connectivity index (χ1v) is 15.6. The third-order valence-electron chi connectivity index (χ3n) is 7.67. The van der Waals surface area contributed by atoms with Crippen molar-refractivity contribution < 1.29 is 28.4 Å². The second-order valence-electron chi connectivity index (χ2n) is 12.4. The number of non-ortho nitro benzene ring substituents is 1. The Morgan fingerprint density at radius 1 is 1.11 bits per heavy atom. The summed E-state index contributed by atoms with van der Waals surface area (Å²) in [6.07, 6.45) is 2.63. The molecule has 0 aliphatic carbocycles. The fourth-order valence-electron chi connectivity index (χ4n) is 5.50. The van der Waals surface area contributed by atoms with E-state index in [-0.39, 0.29) is 30.3 Å². The van der Waals surface area contributed by atoms with Gasteiger partial charge in [0.1, 0.15) is 11.4 Å². The van der Waals surface area contributed by atoms with Crippen LogP contribution < -0.4 is 5.32 Å². The van der Waals surface area contributed by atoms with Gasteiger partial charge in [0.05, 0.1) is 10.4 Å². The van der Waals surface area contributed by atoms with Gasteiger partial charge in [-0.05, 0) is 64.2 Å². The van der Waals surface area contributed by atoms with Crippen molar-refractivity contribution in [2.24, 2.45) is 0 Å². The monoisotopic (exact) mass is 626 g/mol. The number of ether oxygens (including phenoxy) is 2. The van der Waals surface area contributed by atoms with E-state index in [1.807, 2.05) is 22.5 Å². The van der Waals surface area contributed by atoms with Crippen molar-refractivity contribution in [2.75, 3.05) is 26.8 Å². The van der Waals surface area contributed by atoms with Gasteiger partial charge in [-0.2, -0.15) is 0 Å². The number of para-hydroxylation sites is 1. The molecule has 2 aromatic carbocycles. The molecule has 0 radical (unpaired) electrons. The van der Waals surface area contributed by atoms with E-state index < -0.39 is 22.7 Å². The third kappa shape index (κ3) is 10.3. The number of nitro groups is 1. The second-order valence-corrected chi connectivity index (χ2v) is 12.4. The predicted octanol–water partition coefficient (Wildman–Crippen LogP) is 6.73. The van der Waals surface area contributed by atoms with Crippen molar-refractivity contribution in [1.82, 2.24) is 14.8 Å². The Balaban J connectivity index is 1.85. The largest absolute Gasteiger partial charge is 0.444 e. The number of fused-ring (bicyclic) bond motifs is 1. The van der Waals surface area contributed by atoms with Crippen molar-refractivity contribution in [3.8, 4) is 0 Å². The SMILES string of the molecule is CCCCN(CCc1c(C)c2cccc(F)c2n1CCCOC)C(=O)C[C@@H](Cc1ccc([N+](=O)[O-])cc1)NC(=O)OC(C)(C)C. The maximum atomic E-state index is 15.0. The molecule has 0 saturated carbocycles. The number of carbonyl (C=O) groups is 2. The number of rotatable bonds is 16. The van der Waals surface area contributed by atoms with Gasteiger partial charge in [-0.1, -0.05) is 37.6 Å². The first-order chi connectivity index (χ1) is 21.3. The highest BCUT2D eigenvalue weighted by Crippen LogP contribution is 2.29. The minimum Gasteiger partial charge on any atom is -0.444 e. The lowest BCUT2D eigenvalue weighted by molar-refractivity contribution is -0.384. The van der Waals surface area contributed by atoms with Crippen LogP contribution in [0.1, 0.15) is 70.2 Å². The summed E-state index contributed by atoms with van der Waals surface area (Å²) in [6, 6.07) is 10.6. The number of nitrogens with zero attached hydrogens (tertiary/aromatic N) is 3. The number of methoxy groups -OCH3 is 1. The molecule has 1 aromatic heterocycles. The first kappa shape index (κ1) is 35.5. The minimum atomic E-state index is -0.724. The lowest BCUT2D eigenvalue weighted by Crippen LogP contribution is -2.44. The molecule has 0 aliphatic rings. The molecule has 1 N–H and O–H groups in total. The highest BCUT2D eigenvalue weighted by Gasteiger charge is 2.25. The number of hydrogen-bond acceptors (Lipinski definition) is 6. The summed E-state index contributed by atoms with van der Waals surface area (Å²) in [5, 5.41) is 14.8. The standard InChI is InChI=1S/C34H47FN4O6/c1-7-8-18-37(20-17-30-24(2)28-11-9-12-29(35)32(28)38(30)19-10-21-44-6)31(40)23-26(36-33(41)45-34(3,4)5)22-25-13-15-27(16-14-25)39(42)43/h9,11-16,26H,7-8,10,17-23H2,1-6H3,(H,36,41)/t26-/m1/s1. The smallest absolute Gasteiger partial charge is 0.407 e. The average molecular weight is 627 g/mol. The zero-order valence-corrected chi connectivity index (χ0v) is 27.4. The van der Waals surface area contributed by atoms with Crippen molar-refractivity contribution in [2.45, 2.75) is 91.3 Å². The fraction of sp³-hybridized carbons (Fsp3) is 0.529. The van der Waals surface area contributed by atoms with Crippen LogP contribution in [-0.4, -0.2) is 64.8 Å². The molecule has 10 nitrogen and oxygen atoms in total. The highest BCUT2D eigenvalue weighted by molar-refractivity contribution is 5.86. The quantitative estimate of drug-likeness (QED) is 0.107. The number of hydrogen-bond donors (Lipinski definition) is 1. The molecule has 0 unspecified atom stereocenters.